The van der Waals surface area contributed by atoms with Crippen LogP contribution in [0.2, 0.25) is 0 Å². The maximum absolute atomic E-state index is 13.6. The molecule has 4 fully saturated rings. The number of para-hydroxylation sites is 1. The molecule has 1 aliphatic carbocycles. The Morgan fingerprint density at radius 2 is 2.00 bits per heavy atom. The van der Waals surface area contributed by atoms with Gasteiger partial charge in [0.2, 0.25) is 11.8 Å². The van der Waals surface area contributed by atoms with Crippen LogP contribution in [0.4, 0.5) is 0 Å². The molecule has 0 saturated carbocycles. The number of rotatable bonds is 0. The average Bonchev–Trinajstić information content (AvgIpc) is 3.20. The van der Waals surface area contributed by atoms with Crippen molar-refractivity contribution in [3.63, 3.8) is 0 Å². The summed E-state index contributed by atoms with van der Waals surface area (Å²) in [6.45, 7) is 5.20. The zero-order chi connectivity index (χ0) is 17.9. The molecule has 5 nitrogen and oxygen atoms in total. The highest BCUT2D eigenvalue weighted by molar-refractivity contribution is 6.06. The highest BCUT2D eigenvalue weighted by Crippen LogP contribution is 2.59. The molecule has 1 aromatic heterocycles. The Morgan fingerprint density at radius 1 is 1.19 bits per heavy atom. The van der Waals surface area contributed by atoms with Gasteiger partial charge in [-0.1, -0.05) is 32.0 Å². The van der Waals surface area contributed by atoms with Crippen LogP contribution >= 0.6 is 0 Å². The predicted octanol–water partition coefficient (Wildman–Crippen LogP) is 2.25. The van der Waals surface area contributed by atoms with Gasteiger partial charge in [-0.25, -0.2) is 0 Å². The SMILES string of the molecule is CC1(C)c2[nH]c3ccccc3c2C[C@@]23NC(=O)[C@@]4(CCCN4C2=O)C[C@H]13. The first-order chi connectivity index (χ1) is 12.4. The Bertz CT molecular complexity index is 1010. The number of piperazine rings is 1. The molecule has 3 atom stereocenters. The van der Waals surface area contributed by atoms with E-state index in [4.69, 9.17) is 0 Å². The second-order valence-corrected chi connectivity index (χ2v) is 9.20. The number of amides is 2. The van der Waals surface area contributed by atoms with Crippen LogP contribution < -0.4 is 5.32 Å². The number of aromatic nitrogens is 1. The molecule has 5 heterocycles. The second-order valence-electron chi connectivity index (χ2n) is 9.20. The van der Waals surface area contributed by atoms with Gasteiger partial charge in [0.15, 0.2) is 0 Å². The fraction of sp³-hybridized carbons (Fsp3) is 0.524. The van der Waals surface area contributed by atoms with E-state index in [1.165, 1.54) is 16.6 Å². The van der Waals surface area contributed by atoms with Gasteiger partial charge >= 0.3 is 0 Å². The van der Waals surface area contributed by atoms with Gasteiger partial charge in [-0.15, -0.1) is 0 Å². The highest BCUT2D eigenvalue weighted by Gasteiger charge is 2.72. The summed E-state index contributed by atoms with van der Waals surface area (Å²) >= 11 is 0. The molecule has 2 bridgehead atoms. The lowest BCUT2D eigenvalue weighted by Crippen LogP contribution is -2.84. The number of benzene rings is 1. The van der Waals surface area contributed by atoms with Crippen molar-refractivity contribution in [2.24, 2.45) is 5.92 Å². The molecule has 134 valence electrons. The highest BCUT2D eigenvalue weighted by atomic mass is 16.2. The summed E-state index contributed by atoms with van der Waals surface area (Å²) in [7, 11) is 0. The molecule has 4 saturated heterocycles. The monoisotopic (exact) mass is 349 g/mol. The zero-order valence-electron chi connectivity index (χ0n) is 15.2. The van der Waals surface area contributed by atoms with Crippen LogP contribution in [0.5, 0.6) is 0 Å². The third-order valence-electron chi connectivity index (χ3n) is 7.80. The van der Waals surface area contributed by atoms with Crippen molar-refractivity contribution >= 4 is 22.7 Å². The maximum atomic E-state index is 13.6. The number of nitrogens with zero attached hydrogens (tertiary/aromatic N) is 1. The number of nitrogens with one attached hydrogen (secondary N) is 2. The summed E-state index contributed by atoms with van der Waals surface area (Å²) in [5.74, 6) is 0.343. The van der Waals surface area contributed by atoms with E-state index in [-0.39, 0.29) is 23.1 Å². The molecule has 7 rings (SSSR count). The first-order valence-electron chi connectivity index (χ1n) is 9.65. The predicted molar refractivity (Wildman–Crippen MR) is 97.7 cm³/mol. The van der Waals surface area contributed by atoms with Crippen LogP contribution in [0.3, 0.4) is 0 Å². The van der Waals surface area contributed by atoms with Crippen molar-refractivity contribution in [2.45, 2.75) is 56.0 Å². The van der Waals surface area contributed by atoms with Crippen LogP contribution in [-0.2, 0) is 21.4 Å². The van der Waals surface area contributed by atoms with E-state index in [2.05, 4.69) is 36.3 Å². The quantitative estimate of drug-likeness (QED) is 0.766. The van der Waals surface area contributed by atoms with Crippen molar-refractivity contribution in [3.05, 3.63) is 35.5 Å². The fourth-order valence-corrected chi connectivity index (χ4v) is 6.58. The van der Waals surface area contributed by atoms with E-state index in [0.717, 1.165) is 31.3 Å². The Kier molecular flexibility index (Phi) is 2.37. The largest absolute Gasteiger partial charge is 0.358 e. The molecular weight excluding hydrogens is 326 g/mol. The van der Waals surface area contributed by atoms with Crippen LogP contribution in [0, 0.1) is 5.92 Å². The van der Waals surface area contributed by atoms with Crippen LogP contribution in [-0.4, -0.2) is 39.3 Å². The molecule has 2 N–H and O–H groups in total. The van der Waals surface area contributed by atoms with E-state index in [1.54, 1.807) is 0 Å². The molecule has 2 aromatic rings. The summed E-state index contributed by atoms with van der Waals surface area (Å²) in [6.07, 6.45) is 3.10. The molecule has 4 aliphatic heterocycles. The Balaban J connectivity index is 1.64. The molecule has 0 radical (unpaired) electrons. The van der Waals surface area contributed by atoms with Crippen molar-refractivity contribution in [1.29, 1.82) is 0 Å². The van der Waals surface area contributed by atoms with Gasteiger partial charge in [0, 0.05) is 40.9 Å². The molecule has 2 spiro atoms. The Morgan fingerprint density at radius 3 is 2.85 bits per heavy atom. The zero-order valence-corrected chi connectivity index (χ0v) is 15.2. The van der Waals surface area contributed by atoms with Crippen molar-refractivity contribution in [2.75, 3.05) is 6.54 Å². The van der Waals surface area contributed by atoms with E-state index >= 15 is 0 Å². The van der Waals surface area contributed by atoms with Crippen molar-refractivity contribution in [3.8, 4) is 0 Å². The van der Waals surface area contributed by atoms with Gasteiger partial charge in [0.1, 0.15) is 11.1 Å². The van der Waals surface area contributed by atoms with Crippen molar-refractivity contribution in [1.82, 2.24) is 15.2 Å². The van der Waals surface area contributed by atoms with Gasteiger partial charge in [0.25, 0.3) is 0 Å². The van der Waals surface area contributed by atoms with Crippen LogP contribution in [0.25, 0.3) is 10.9 Å². The van der Waals surface area contributed by atoms with Gasteiger partial charge in [-0.05, 0) is 30.9 Å². The van der Waals surface area contributed by atoms with E-state index < -0.39 is 11.1 Å². The normalized spacial score (nSPS) is 36.7. The second kappa shape index (κ2) is 4.16. The third-order valence-corrected chi connectivity index (χ3v) is 7.80. The summed E-state index contributed by atoms with van der Waals surface area (Å²) in [4.78, 5) is 32.2. The smallest absolute Gasteiger partial charge is 0.249 e. The van der Waals surface area contributed by atoms with Crippen molar-refractivity contribution < 1.29 is 9.59 Å². The van der Waals surface area contributed by atoms with E-state index in [9.17, 15) is 9.59 Å². The first-order valence-corrected chi connectivity index (χ1v) is 9.65. The molecule has 2 amide bonds. The van der Waals surface area contributed by atoms with E-state index in [0.29, 0.717) is 6.42 Å². The fourth-order valence-electron chi connectivity index (χ4n) is 6.58. The van der Waals surface area contributed by atoms with Gasteiger partial charge < -0.3 is 15.2 Å². The van der Waals surface area contributed by atoms with Gasteiger partial charge in [-0.2, -0.15) is 0 Å². The lowest BCUT2D eigenvalue weighted by atomic mass is 9.51. The summed E-state index contributed by atoms with van der Waals surface area (Å²) in [6, 6.07) is 8.30. The molecule has 5 heteroatoms. The number of H-pyrrole nitrogens is 1. The Labute approximate surface area is 152 Å². The molecule has 26 heavy (non-hydrogen) atoms. The van der Waals surface area contributed by atoms with Crippen LogP contribution in [0.1, 0.15) is 44.4 Å². The number of aromatic amines is 1. The number of hydrogen-bond donors (Lipinski definition) is 2. The minimum atomic E-state index is -0.787. The summed E-state index contributed by atoms with van der Waals surface area (Å²) in [5, 5.41) is 4.43. The maximum Gasteiger partial charge on any atom is 0.249 e. The molecule has 0 unspecified atom stereocenters. The standard InChI is InChI=1S/C21H23N3O2/c1-19(2)15-11-20-8-5-9-24(20)18(26)21(15,23-17(20)25)10-13-12-6-3-4-7-14(12)22-16(13)19/h3-4,6-7,15,22H,5,8-11H2,1-2H3,(H,23,25)/t15-,20-,21+/m1/s1. The average molecular weight is 349 g/mol. The number of carbonyl (C=O) groups excluding carboxylic acids is 2. The lowest BCUT2D eigenvalue weighted by molar-refractivity contribution is -0.179. The minimum Gasteiger partial charge on any atom is -0.358 e. The summed E-state index contributed by atoms with van der Waals surface area (Å²) < 4.78 is 0. The molecular formula is C21H23N3O2. The molecule has 1 aromatic carbocycles. The topological polar surface area (TPSA) is 65.2 Å². The minimum absolute atomic E-state index is 0.0740. The summed E-state index contributed by atoms with van der Waals surface area (Å²) in [5.41, 5.74) is 1.97. The number of fused-ring (bicyclic) bond motifs is 4. The number of piperidine rings is 2. The van der Waals surface area contributed by atoms with Crippen LogP contribution in [0.15, 0.2) is 24.3 Å². The number of hydrogen-bond acceptors (Lipinski definition) is 2. The van der Waals surface area contributed by atoms with Gasteiger partial charge in [0.05, 0.1) is 0 Å². The van der Waals surface area contributed by atoms with Gasteiger partial charge in [-0.3, -0.25) is 9.59 Å². The number of carbonyl (C=O) groups is 2. The third kappa shape index (κ3) is 1.36. The lowest BCUT2D eigenvalue weighted by Gasteiger charge is -2.64. The first kappa shape index (κ1) is 14.8. The molecule has 5 aliphatic rings. The van der Waals surface area contributed by atoms with E-state index in [1.807, 2.05) is 17.0 Å². The Hall–Kier alpha value is -2.30.